The molecule has 2 rings (SSSR count). The lowest BCUT2D eigenvalue weighted by Crippen LogP contribution is -1.98. The molecule has 0 heterocycles. The van der Waals surface area contributed by atoms with Gasteiger partial charge in [-0.1, -0.05) is 18.2 Å². The van der Waals surface area contributed by atoms with E-state index in [0.717, 1.165) is 0 Å². The standard InChI is InChI=1S/C11H10N2O3/c1-16-10-6-9(12)11(13(14)15)8-5-3-2-4-7(8)10/h2-6H,12H2,1H3. The molecule has 0 aromatic heterocycles. The van der Waals surface area contributed by atoms with E-state index in [0.29, 0.717) is 16.5 Å². The Hall–Kier alpha value is -2.30. The lowest BCUT2D eigenvalue weighted by atomic mass is 10.1. The number of nitro benzene ring substituents is 1. The largest absolute Gasteiger partial charge is 0.496 e. The van der Waals surface area contributed by atoms with E-state index in [-0.39, 0.29) is 11.4 Å². The molecule has 16 heavy (non-hydrogen) atoms. The van der Waals surface area contributed by atoms with E-state index >= 15 is 0 Å². The lowest BCUT2D eigenvalue weighted by molar-refractivity contribution is -0.382. The Bertz CT molecular complexity index is 566. The van der Waals surface area contributed by atoms with Crippen LogP contribution in [-0.4, -0.2) is 12.0 Å². The van der Waals surface area contributed by atoms with Crippen molar-refractivity contribution in [2.45, 2.75) is 0 Å². The van der Waals surface area contributed by atoms with Gasteiger partial charge in [-0.15, -0.1) is 0 Å². The van der Waals surface area contributed by atoms with E-state index in [1.165, 1.54) is 13.2 Å². The highest BCUT2D eigenvalue weighted by molar-refractivity contribution is 6.00. The Balaban J connectivity index is 2.92. The summed E-state index contributed by atoms with van der Waals surface area (Å²) in [4.78, 5) is 10.4. The molecule has 0 aliphatic heterocycles. The molecule has 0 aliphatic carbocycles. The molecule has 0 saturated heterocycles. The first-order valence-corrected chi connectivity index (χ1v) is 4.64. The van der Waals surface area contributed by atoms with E-state index in [1.54, 1.807) is 24.3 Å². The minimum atomic E-state index is -0.475. The third-order valence-electron chi connectivity index (χ3n) is 2.41. The fourth-order valence-corrected chi connectivity index (χ4v) is 1.72. The number of ether oxygens (including phenoxy) is 1. The summed E-state index contributed by atoms with van der Waals surface area (Å²) in [6.07, 6.45) is 0. The Morgan fingerprint density at radius 2 is 1.94 bits per heavy atom. The maximum Gasteiger partial charge on any atom is 0.300 e. The van der Waals surface area contributed by atoms with Crippen LogP contribution in [0.4, 0.5) is 11.4 Å². The Morgan fingerprint density at radius 3 is 2.50 bits per heavy atom. The molecule has 0 fully saturated rings. The zero-order chi connectivity index (χ0) is 11.7. The third-order valence-corrected chi connectivity index (χ3v) is 2.41. The van der Waals surface area contributed by atoms with Crippen molar-refractivity contribution >= 4 is 22.1 Å². The summed E-state index contributed by atoms with van der Waals surface area (Å²) < 4.78 is 5.14. The van der Waals surface area contributed by atoms with Crippen molar-refractivity contribution < 1.29 is 9.66 Å². The van der Waals surface area contributed by atoms with Crippen molar-refractivity contribution in [3.05, 3.63) is 40.4 Å². The fraction of sp³-hybridized carbons (Fsp3) is 0.0909. The molecule has 0 spiro atoms. The van der Waals surface area contributed by atoms with E-state index < -0.39 is 4.92 Å². The zero-order valence-corrected chi connectivity index (χ0v) is 8.64. The molecule has 2 aromatic rings. The van der Waals surface area contributed by atoms with Crippen LogP contribution in [0.25, 0.3) is 10.8 Å². The number of benzene rings is 2. The first kappa shape index (κ1) is 10.2. The second kappa shape index (κ2) is 3.69. The van der Waals surface area contributed by atoms with Crippen molar-refractivity contribution in [1.82, 2.24) is 0 Å². The topological polar surface area (TPSA) is 78.4 Å². The zero-order valence-electron chi connectivity index (χ0n) is 8.64. The molecular formula is C11H10N2O3. The van der Waals surface area contributed by atoms with Crippen molar-refractivity contribution in [3.63, 3.8) is 0 Å². The fourth-order valence-electron chi connectivity index (χ4n) is 1.72. The maximum atomic E-state index is 10.9. The normalized spacial score (nSPS) is 10.3. The van der Waals surface area contributed by atoms with E-state index in [9.17, 15) is 10.1 Å². The number of nitrogen functional groups attached to an aromatic ring is 1. The Morgan fingerprint density at radius 1 is 1.31 bits per heavy atom. The van der Waals surface area contributed by atoms with Crippen LogP contribution in [0.5, 0.6) is 5.75 Å². The molecule has 0 unspecified atom stereocenters. The van der Waals surface area contributed by atoms with Crippen molar-refractivity contribution in [1.29, 1.82) is 0 Å². The number of nitrogens with two attached hydrogens (primary N) is 1. The summed E-state index contributed by atoms with van der Waals surface area (Å²) in [7, 11) is 1.51. The predicted octanol–water partition coefficient (Wildman–Crippen LogP) is 2.34. The van der Waals surface area contributed by atoms with Gasteiger partial charge in [0.05, 0.1) is 17.4 Å². The van der Waals surface area contributed by atoms with Crippen LogP contribution >= 0.6 is 0 Å². The second-order valence-electron chi connectivity index (χ2n) is 3.32. The molecule has 2 aromatic carbocycles. The highest BCUT2D eigenvalue weighted by Gasteiger charge is 2.19. The maximum absolute atomic E-state index is 10.9. The molecule has 0 amide bonds. The van der Waals surface area contributed by atoms with E-state index in [1.807, 2.05) is 0 Å². The summed E-state index contributed by atoms with van der Waals surface area (Å²) in [6, 6.07) is 8.42. The summed E-state index contributed by atoms with van der Waals surface area (Å²) in [6.45, 7) is 0. The molecular weight excluding hydrogens is 208 g/mol. The number of nitrogens with zero attached hydrogens (tertiary/aromatic N) is 1. The average Bonchev–Trinajstić information content (AvgIpc) is 2.27. The highest BCUT2D eigenvalue weighted by Crippen LogP contribution is 2.37. The van der Waals surface area contributed by atoms with E-state index in [2.05, 4.69) is 0 Å². The summed E-state index contributed by atoms with van der Waals surface area (Å²) >= 11 is 0. The molecule has 0 aliphatic rings. The quantitative estimate of drug-likeness (QED) is 0.476. The van der Waals surface area contributed by atoms with Crippen LogP contribution in [0, 0.1) is 10.1 Å². The number of fused-ring (bicyclic) bond motifs is 1. The van der Waals surface area contributed by atoms with Gasteiger partial charge in [-0.2, -0.15) is 0 Å². The van der Waals surface area contributed by atoms with E-state index in [4.69, 9.17) is 10.5 Å². The molecule has 0 radical (unpaired) electrons. The van der Waals surface area contributed by atoms with Crippen LogP contribution in [0.15, 0.2) is 30.3 Å². The summed E-state index contributed by atoms with van der Waals surface area (Å²) in [5.41, 5.74) is 5.68. The molecule has 0 atom stereocenters. The molecule has 0 saturated carbocycles. The van der Waals surface area contributed by atoms with Crippen LogP contribution in [0.1, 0.15) is 0 Å². The Labute approximate surface area is 91.6 Å². The predicted molar refractivity (Wildman–Crippen MR) is 61.6 cm³/mol. The SMILES string of the molecule is COc1cc(N)c([N+](=O)[O-])c2ccccc12. The number of anilines is 1. The number of hydrogen-bond acceptors (Lipinski definition) is 4. The number of nitro groups is 1. The summed E-state index contributed by atoms with van der Waals surface area (Å²) in [5, 5.41) is 12.1. The number of hydrogen-bond donors (Lipinski definition) is 1. The first-order valence-electron chi connectivity index (χ1n) is 4.64. The Kier molecular flexibility index (Phi) is 2.36. The average molecular weight is 218 g/mol. The van der Waals surface area contributed by atoms with Crippen LogP contribution in [-0.2, 0) is 0 Å². The van der Waals surface area contributed by atoms with Gasteiger partial charge in [0.2, 0.25) is 0 Å². The minimum absolute atomic E-state index is 0.0728. The molecule has 0 bridgehead atoms. The highest BCUT2D eigenvalue weighted by atomic mass is 16.6. The van der Waals surface area contributed by atoms with Gasteiger partial charge in [-0.3, -0.25) is 10.1 Å². The van der Waals surface area contributed by atoms with Crippen LogP contribution in [0.3, 0.4) is 0 Å². The third kappa shape index (κ3) is 1.42. The summed E-state index contributed by atoms with van der Waals surface area (Å²) in [5.74, 6) is 0.540. The van der Waals surface area contributed by atoms with Gasteiger partial charge < -0.3 is 10.5 Å². The van der Waals surface area contributed by atoms with Crippen molar-refractivity contribution in [2.24, 2.45) is 0 Å². The van der Waals surface area contributed by atoms with Gasteiger partial charge in [-0.05, 0) is 6.07 Å². The van der Waals surface area contributed by atoms with Gasteiger partial charge in [0.1, 0.15) is 11.4 Å². The first-order chi connectivity index (χ1) is 7.65. The van der Waals surface area contributed by atoms with Crippen molar-refractivity contribution in [3.8, 4) is 5.75 Å². The molecule has 5 nitrogen and oxygen atoms in total. The monoisotopic (exact) mass is 218 g/mol. The van der Waals surface area contributed by atoms with Crippen LogP contribution in [0.2, 0.25) is 0 Å². The second-order valence-corrected chi connectivity index (χ2v) is 3.32. The lowest BCUT2D eigenvalue weighted by Gasteiger charge is -2.07. The minimum Gasteiger partial charge on any atom is -0.496 e. The smallest absolute Gasteiger partial charge is 0.300 e. The van der Waals surface area contributed by atoms with Crippen molar-refractivity contribution in [2.75, 3.05) is 12.8 Å². The number of rotatable bonds is 2. The molecule has 2 N–H and O–H groups in total. The van der Waals surface area contributed by atoms with Gasteiger partial charge in [0.15, 0.2) is 0 Å². The van der Waals surface area contributed by atoms with Gasteiger partial charge in [-0.25, -0.2) is 0 Å². The van der Waals surface area contributed by atoms with Gasteiger partial charge in [0, 0.05) is 11.5 Å². The van der Waals surface area contributed by atoms with Gasteiger partial charge in [0.25, 0.3) is 5.69 Å². The van der Waals surface area contributed by atoms with Gasteiger partial charge >= 0.3 is 0 Å². The molecule has 82 valence electrons. The molecule has 5 heteroatoms. The van der Waals surface area contributed by atoms with Crippen LogP contribution < -0.4 is 10.5 Å². The number of methoxy groups -OCH3 is 1.